The zero-order valence-electron chi connectivity index (χ0n) is 29.3. The molecule has 10 rings (SSSR count). The molecule has 5 aliphatic rings. The van der Waals surface area contributed by atoms with Crippen LogP contribution >= 0.6 is 0 Å². The van der Waals surface area contributed by atoms with E-state index < -0.39 is 0 Å². The van der Waals surface area contributed by atoms with Crippen molar-refractivity contribution in [2.24, 2.45) is 0 Å². The number of rotatable bonds is 4. The smallest absolute Gasteiger partial charge is 0.261 e. The van der Waals surface area contributed by atoms with Gasteiger partial charge in [0.2, 0.25) is 0 Å². The van der Waals surface area contributed by atoms with Gasteiger partial charge in [-0.25, -0.2) is 0 Å². The summed E-state index contributed by atoms with van der Waals surface area (Å²) in [4.78, 5) is 59.0. The minimum absolute atomic E-state index is 0.0216. The van der Waals surface area contributed by atoms with E-state index in [1.807, 2.05) is 48.5 Å². The van der Waals surface area contributed by atoms with Gasteiger partial charge in [0.15, 0.2) is 0 Å². The quantitative estimate of drug-likeness (QED) is 0.177. The molecule has 4 amide bonds. The van der Waals surface area contributed by atoms with Gasteiger partial charge >= 0.3 is 0 Å². The van der Waals surface area contributed by atoms with Crippen LogP contribution in [0.5, 0.6) is 0 Å². The molecule has 52 heavy (non-hydrogen) atoms. The van der Waals surface area contributed by atoms with E-state index in [1.165, 1.54) is 0 Å². The molecule has 2 fully saturated rings. The van der Waals surface area contributed by atoms with Gasteiger partial charge in [0, 0.05) is 45.3 Å². The van der Waals surface area contributed by atoms with Crippen LogP contribution in [0.4, 0.5) is 0 Å². The van der Waals surface area contributed by atoms with Gasteiger partial charge in [0.25, 0.3) is 23.6 Å². The molecule has 0 N–H and O–H groups in total. The molecule has 0 unspecified atom stereocenters. The van der Waals surface area contributed by atoms with Crippen LogP contribution < -0.4 is 0 Å². The Labute approximate surface area is 303 Å². The number of amides is 4. The average molecular weight is 685 g/mol. The Balaban J connectivity index is 1.09. The Morgan fingerprint density at radius 3 is 1.58 bits per heavy atom. The zero-order chi connectivity index (χ0) is 35.1. The summed E-state index contributed by atoms with van der Waals surface area (Å²) in [7, 11) is 0. The van der Waals surface area contributed by atoms with E-state index in [-0.39, 0.29) is 35.7 Å². The molecule has 2 aliphatic heterocycles. The topological polar surface area (TPSA) is 74.8 Å². The second kappa shape index (κ2) is 12.1. The lowest BCUT2D eigenvalue weighted by Gasteiger charge is -2.38. The number of imide groups is 2. The number of benzene rings is 5. The van der Waals surface area contributed by atoms with Crippen LogP contribution in [0.2, 0.25) is 0 Å². The van der Waals surface area contributed by atoms with Crippen molar-refractivity contribution in [1.82, 2.24) is 9.80 Å². The van der Waals surface area contributed by atoms with E-state index in [1.54, 1.807) is 9.80 Å². The highest BCUT2D eigenvalue weighted by Gasteiger charge is 2.42. The Bertz CT molecular complexity index is 2400. The van der Waals surface area contributed by atoms with Crippen LogP contribution in [0.15, 0.2) is 84.9 Å². The normalized spacial score (nSPS) is 19.4. The van der Waals surface area contributed by atoms with Crippen LogP contribution in [0.1, 0.15) is 113 Å². The molecule has 3 aliphatic carbocycles. The van der Waals surface area contributed by atoms with Gasteiger partial charge in [-0.2, -0.15) is 0 Å². The lowest BCUT2D eigenvalue weighted by molar-refractivity contribution is -0.125. The van der Waals surface area contributed by atoms with E-state index in [2.05, 4.69) is 36.4 Å². The molecule has 0 spiro atoms. The number of hydrogen-bond donors (Lipinski definition) is 0. The van der Waals surface area contributed by atoms with E-state index >= 15 is 0 Å². The van der Waals surface area contributed by atoms with Gasteiger partial charge in [-0.3, -0.25) is 29.0 Å². The highest BCUT2D eigenvalue weighted by atomic mass is 16.2. The zero-order valence-corrected chi connectivity index (χ0v) is 29.3. The number of nitrogens with zero attached hydrogens (tertiary/aromatic N) is 2. The Kier molecular flexibility index (Phi) is 7.31. The first-order valence-corrected chi connectivity index (χ1v) is 19.2. The highest BCUT2D eigenvalue weighted by molar-refractivity contribution is 6.32. The lowest BCUT2D eigenvalue weighted by Crippen LogP contribution is -2.49. The fourth-order valence-corrected chi connectivity index (χ4v) is 10.1. The van der Waals surface area contributed by atoms with Crippen LogP contribution in [-0.4, -0.2) is 45.5 Å². The predicted molar refractivity (Wildman–Crippen MR) is 204 cm³/mol. The van der Waals surface area contributed by atoms with Crippen molar-refractivity contribution in [1.29, 1.82) is 0 Å². The van der Waals surface area contributed by atoms with Crippen molar-refractivity contribution in [3.63, 3.8) is 0 Å². The fraction of sp³-hybridized carbons (Fsp3) is 0.304. The maximum Gasteiger partial charge on any atom is 0.261 e. The highest BCUT2D eigenvalue weighted by Crippen LogP contribution is 2.46. The Morgan fingerprint density at radius 1 is 0.442 bits per heavy atom. The van der Waals surface area contributed by atoms with Crippen molar-refractivity contribution >= 4 is 50.7 Å². The van der Waals surface area contributed by atoms with Crippen molar-refractivity contribution < 1.29 is 19.2 Å². The molecule has 2 saturated carbocycles. The minimum atomic E-state index is -0.180. The van der Waals surface area contributed by atoms with Crippen LogP contribution in [0.3, 0.4) is 0 Å². The number of carbonyl (C=O) groups excluding carboxylic acids is 4. The Hall–Kier alpha value is -5.36. The molecule has 0 radical (unpaired) electrons. The summed E-state index contributed by atoms with van der Waals surface area (Å²) < 4.78 is 0. The monoisotopic (exact) mass is 684 g/mol. The van der Waals surface area contributed by atoms with Crippen molar-refractivity contribution in [2.75, 3.05) is 0 Å². The van der Waals surface area contributed by atoms with Crippen LogP contribution in [0.25, 0.3) is 49.4 Å². The largest absolute Gasteiger partial charge is 0.271 e. The first kappa shape index (κ1) is 31.4. The summed E-state index contributed by atoms with van der Waals surface area (Å²) in [6, 6.07) is 26.4. The molecule has 5 aromatic rings. The third kappa shape index (κ3) is 4.55. The predicted octanol–water partition coefficient (Wildman–Crippen LogP) is 9.90. The Morgan fingerprint density at radius 2 is 0.923 bits per heavy atom. The van der Waals surface area contributed by atoms with Gasteiger partial charge in [0.05, 0.1) is 0 Å². The number of allylic oxidation sites excluding steroid dienone is 1. The van der Waals surface area contributed by atoms with Crippen molar-refractivity contribution in [2.45, 2.75) is 89.1 Å². The molecule has 6 nitrogen and oxygen atoms in total. The molecule has 6 heteroatoms. The summed E-state index contributed by atoms with van der Waals surface area (Å²) in [5.41, 5.74) is 8.53. The summed E-state index contributed by atoms with van der Waals surface area (Å²) in [6.45, 7) is 0. The third-order valence-corrected chi connectivity index (χ3v) is 12.5. The maximum absolute atomic E-state index is 14.0. The molecule has 0 atom stereocenters. The van der Waals surface area contributed by atoms with Gasteiger partial charge < -0.3 is 0 Å². The average Bonchev–Trinajstić information content (AvgIpc) is 3.19. The first-order valence-electron chi connectivity index (χ1n) is 19.2. The molecule has 258 valence electrons. The summed E-state index contributed by atoms with van der Waals surface area (Å²) in [5.74, 6) is -0.646. The summed E-state index contributed by atoms with van der Waals surface area (Å²) in [5, 5.41) is 3.77. The van der Waals surface area contributed by atoms with E-state index in [0.29, 0.717) is 22.3 Å². The molecule has 0 saturated heterocycles. The lowest BCUT2D eigenvalue weighted by atomic mass is 9.78. The molecular formula is C46H40N2O4. The van der Waals surface area contributed by atoms with Crippen molar-refractivity contribution in [3.05, 3.63) is 113 Å². The van der Waals surface area contributed by atoms with Crippen molar-refractivity contribution in [3.8, 4) is 22.3 Å². The molecule has 2 heterocycles. The SMILES string of the molecule is O=C1C2=CCCc3c(-c4ccc(-c5ccc6c7c(cccc57)C(=O)N(C5CCCCC5)C6=O)c5ccccc45)ccc(c32)C(=O)N1C1CCCCC1. The second-order valence-corrected chi connectivity index (χ2v) is 15.3. The maximum atomic E-state index is 14.0. The second-order valence-electron chi connectivity index (χ2n) is 15.3. The summed E-state index contributed by atoms with van der Waals surface area (Å²) in [6.07, 6.45) is 13.6. The molecular weight excluding hydrogens is 645 g/mol. The van der Waals surface area contributed by atoms with Gasteiger partial charge in [0.1, 0.15) is 0 Å². The van der Waals surface area contributed by atoms with Gasteiger partial charge in [-0.1, -0.05) is 105 Å². The van der Waals surface area contributed by atoms with Gasteiger partial charge in [-0.15, -0.1) is 0 Å². The molecule has 0 bridgehead atoms. The standard InChI is InChI=1S/C46H40N2O4/c49-43-37-19-9-17-35-33(23-25-39(41(35)37)45(51)47(43)27-11-3-1-4-12-27)31-21-22-32(30-16-8-7-15-29(30)31)34-24-26-40-42-36(34)18-10-20-38(42)44(50)48(46(40)52)28-13-5-2-6-14-28/h7-9,15-17,19-28H,1-6,10-14,18H2. The molecule has 0 aromatic heterocycles. The fourth-order valence-electron chi connectivity index (χ4n) is 10.1. The van der Waals surface area contributed by atoms with E-state index in [9.17, 15) is 19.2 Å². The molecule has 5 aromatic carbocycles. The number of fused-ring (bicyclic) bond motifs is 1. The van der Waals surface area contributed by atoms with Gasteiger partial charge in [-0.05, 0) is 101 Å². The number of hydrogen-bond acceptors (Lipinski definition) is 4. The van der Waals surface area contributed by atoms with Crippen LogP contribution in [0, 0.1) is 0 Å². The first-order chi connectivity index (χ1) is 25.5. The summed E-state index contributed by atoms with van der Waals surface area (Å²) >= 11 is 0. The minimum Gasteiger partial charge on any atom is -0.271 e. The van der Waals surface area contributed by atoms with E-state index in [0.717, 1.165) is 132 Å². The van der Waals surface area contributed by atoms with E-state index in [4.69, 9.17) is 0 Å². The third-order valence-electron chi connectivity index (χ3n) is 12.5. The number of carbonyl (C=O) groups is 4. The van der Waals surface area contributed by atoms with Crippen LogP contribution in [-0.2, 0) is 11.2 Å².